The van der Waals surface area contributed by atoms with E-state index < -0.39 is 47.6 Å². The summed E-state index contributed by atoms with van der Waals surface area (Å²) in [5.74, 6) is -1.83. The highest BCUT2D eigenvalue weighted by Gasteiger charge is 2.61. The lowest BCUT2D eigenvalue weighted by Gasteiger charge is -2.30. The zero-order valence-corrected chi connectivity index (χ0v) is 31.0. The van der Waals surface area contributed by atoms with Crippen LogP contribution in [0.5, 0.6) is 11.5 Å². The average Bonchev–Trinajstić information content (AvgIpc) is 3.40. The number of allylic oxidation sites excluding steroid dienone is 1. The number of carboxylic acid groups (broad SMARTS) is 1. The summed E-state index contributed by atoms with van der Waals surface area (Å²) in [7, 11) is 1.55. The van der Waals surface area contributed by atoms with Gasteiger partial charge in [-0.25, -0.2) is 19.6 Å². The van der Waals surface area contributed by atoms with Crippen LogP contribution in [0.2, 0.25) is 0 Å². The van der Waals surface area contributed by atoms with Gasteiger partial charge in [-0.15, -0.1) is 11.3 Å². The maximum atomic E-state index is 14.4. The third-order valence-electron chi connectivity index (χ3n) is 10.6. The van der Waals surface area contributed by atoms with Crippen molar-refractivity contribution in [2.24, 2.45) is 5.92 Å². The van der Waals surface area contributed by atoms with Gasteiger partial charge in [0.1, 0.15) is 47.0 Å². The number of nitrogens with one attached hydrogen (secondary N) is 3. The quantitative estimate of drug-likeness (QED) is 0.230. The highest BCUT2D eigenvalue weighted by molar-refractivity contribution is 7.14. The van der Waals surface area contributed by atoms with E-state index in [4.69, 9.17) is 19.2 Å². The molecule has 15 nitrogen and oxygen atoms in total. The molecule has 16 heteroatoms. The lowest BCUT2D eigenvalue weighted by Crippen LogP contribution is -2.56. The third kappa shape index (κ3) is 7.98. The van der Waals surface area contributed by atoms with Crippen molar-refractivity contribution in [3.8, 4) is 22.9 Å². The number of pyridine rings is 1. The Kier molecular flexibility index (Phi) is 10.7. The van der Waals surface area contributed by atoms with Crippen LogP contribution < -0.4 is 25.4 Å². The van der Waals surface area contributed by atoms with E-state index in [9.17, 15) is 29.1 Å². The fourth-order valence-corrected chi connectivity index (χ4v) is 8.02. The lowest BCUT2D eigenvalue weighted by molar-refractivity contribution is -0.145. The minimum Gasteiger partial charge on any atom is -0.497 e. The van der Waals surface area contributed by atoms with Gasteiger partial charge in [-0.1, -0.05) is 25.0 Å². The van der Waals surface area contributed by atoms with Crippen LogP contribution in [0.3, 0.4) is 0 Å². The molecule has 0 spiro atoms. The van der Waals surface area contributed by atoms with Crippen molar-refractivity contribution < 1.29 is 43.3 Å². The fourth-order valence-electron chi connectivity index (χ4n) is 7.27. The van der Waals surface area contributed by atoms with Crippen LogP contribution in [0.1, 0.15) is 71.1 Å². The van der Waals surface area contributed by atoms with Crippen LogP contribution >= 0.6 is 11.3 Å². The van der Waals surface area contributed by atoms with Gasteiger partial charge in [-0.05, 0) is 57.1 Å². The van der Waals surface area contributed by atoms with Gasteiger partial charge in [0.15, 0.2) is 5.13 Å². The first kappa shape index (κ1) is 37.1. The second-order valence-electron chi connectivity index (χ2n) is 14.4. The number of benzene rings is 1. The number of thiazole rings is 1. The summed E-state index contributed by atoms with van der Waals surface area (Å²) in [6.45, 7) is 1.39. The molecule has 54 heavy (non-hydrogen) atoms. The first-order valence-corrected chi connectivity index (χ1v) is 19.3. The summed E-state index contributed by atoms with van der Waals surface area (Å²) in [6.07, 6.45) is 8.44. The predicted molar refractivity (Wildman–Crippen MR) is 198 cm³/mol. The van der Waals surface area contributed by atoms with Crippen molar-refractivity contribution in [2.45, 2.75) is 101 Å². The first-order chi connectivity index (χ1) is 26.0. The Morgan fingerprint density at radius 3 is 2.61 bits per heavy atom. The molecule has 7 rings (SSSR count). The highest BCUT2D eigenvalue weighted by Crippen LogP contribution is 2.45. The van der Waals surface area contributed by atoms with Gasteiger partial charge in [-0.2, -0.15) is 0 Å². The number of hydrogen-bond acceptors (Lipinski definition) is 11. The van der Waals surface area contributed by atoms with Crippen molar-refractivity contribution in [3.05, 3.63) is 41.8 Å². The van der Waals surface area contributed by atoms with Crippen LogP contribution in [0.25, 0.3) is 22.3 Å². The molecular formula is C38H44N6O9S. The van der Waals surface area contributed by atoms with Crippen LogP contribution in [-0.2, 0) is 23.9 Å². The van der Waals surface area contributed by atoms with E-state index in [0.29, 0.717) is 51.8 Å². The number of carbonyl (C=O) groups excluding carboxylic acids is 4. The molecule has 4 amide bonds. The number of anilines is 1. The number of methoxy groups -OCH3 is 1. The van der Waals surface area contributed by atoms with Crippen LogP contribution in [0.15, 0.2) is 41.8 Å². The molecule has 2 aliphatic heterocycles. The standard InChI is InChI=1S/C38H44N6O9S/c1-21(45)39-36-41-30(20-54-36)29-17-32(26-14-13-24(51-2)15-28(26)40-29)52-25-16-31-33(46)43-38(35(48)49)18-22(38)9-6-4-3-5-7-12-27(34(47)44(31)19-25)42-37(50)53-23-10-8-11-23/h6,9,13-15,17,20,22-23,25,27,31H,3-5,7-8,10-12,16,18-19H2,1-2H3,(H,42,50)(H,43,46)(H,48,49)(H,39,41,45)/b9-6-/t22-,25+,27-,31-,38+/m0/s1. The molecule has 4 aliphatic rings. The zero-order valence-electron chi connectivity index (χ0n) is 30.2. The molecule has 1 saturated heterocycles. The Bertz CT molecular complexity index is 1980. The Morgan fingerprint density at radius 2 is 1.87 bits per heavy atom. The average molecular weight is 761 g/mol. The molecule has 4 heterocycles. The molecule has 2 aliphatic carbocycles. The SMILES string of the molecule is COc1ccc2c(O[C@@H]3C[C@H]4C(=O)N[C@]5(C(=O)O)C[C@@H]5/C=C\CCCCC[C@H](NC(=O)OC5CCC5)C(=O)N4C3)cc(-c3csc(NC(C)=O)n3)nc2c1. The lowest BCUT2D eigenvalue weighted by atomic mass is 9.96. The van der Waals surface area contributed by atoms with E-state index in [0.717, 1.165) is 38.5 Å². The van der Waals surface area contributed by atoms with Crippen LogP contribution in [0, 0.1) is 5.92 Å². The zero-order chi connectivity index (χ0) is 38.0. The summed E-state index contributed by atoms with van der Waals surface area (Å²) in [5.41, 5.74) is 0.0420. The topological polar surface area (TPSA) is 198 Å². The predicted octanol–water partition coefficient (Wildman–Crippen LogP) is 4.80. The second-order valence-corrected chi connectivity index (χ2v) is 15.2. The van der Waals surface area contributed by atoms with E-state index in [1.807, 2.05) is 12.2 Å². The van der Waals surface area contributed by atoms with Crippen molar-refractivity contribution in [2.75, 3.05) is 19.0 Å². The minimum atomic E-state index is -1.47. The number of fused-ring (bicyclic) bond motifs is 3. The third-order valence-corrected chi connectivity index (χ3v) is 11.3. The minimum absolute atomic E-state index is 0.00510. The van der Waals surface area contributed by atoms with Crippen molar-refractivity contribution in [1.82, 2.24) is 25.5 Å². The number of carboxylic acids is 1. The molecule has 3 fully saturated rings. The number of amides is 4. The van der Waals surface area contributed by atoms with Gasteiger partial charge < -0.3 is 40.2 Å². The molecule has 0 radical (unpaired) electrons. The number of rotatable bonds is 8. The number of carbonyl (C=O) groups is 5. The maximum Gasteiger partial charge on any atom is 0.408 e. The summed E-state index contributed by atoms with van der Waals surface area (Å²) in [5, 5.41) is 21.3. The van der Waals surface area contributed by atoms with Gasteiger partial charge in [-0.3, -0.25) is 14.4 Å². The highest BCUT2D eigenvalue weighted by atomic mass is 32.1. The fraction of sp³-hybridized carbons (Fsp3) is 0.500. The molecule has 2 aromatic heterocycles. The number of aliphatic carboxylic acids is 1. The molecule has 3 aromatic rings. The molecule has 286 valence electrons. The normalized spacial score (nSPS) is 26.5. The number of ether oxygens (including phenoxy) is 3. The Balaban J connectivity index is 1.20. The molecule has 2 saturated carbocycles. The molecular weight excluding hydrogens is 717 g/mol. The summed E-state index contributed by atoms with van der Waals surface area (Å²) in [6, 6.07) is 5.02. The van der Waals surface area contributed by atoms with Crippen molar-refractivity contribution >= 4 is 57.2 Å². The smallest absolute Gasteiger partial charge is 0.408 e. The number of aromatic nitrogens is 2. The van der Waals surface area contributed by atoms with Crippen LogP contribution in [0.4, 0.5) is 9.93 Å². The first-order valence-electron chi connectivity index (χ1n) is 18.4. The summed E-state index contributed by atoms with van der Waals surface area (Å²) in [4.78, 5) is 76.4. The van der Waals surface area contributed by atoms with Crippen molar-refractivity contribution in [1.29, 1.82) is 0 Å². The van der Waals surface area contributed by atoms with Crippen molar-refractivity contribution in [3.63, 3.8) is 0 Å². The number of hydrogen-bond donors (Lipinski definition) is 4. The van der Waals surface area contributed by atoms with Gasteiger partial charge in [0.05, 0.1) is 24.9 Å². The van der Waals surface area contributed by atoms with E-state index in [-0.39, 0.29) is 37.3 Å². The Labute approximate surface area is 315 Å². The number of alkyl carbamates (subject to hydrolysis) is 1. The Morgan fingerprint density at radius 1 is 1.04 bits per heavy atom. The number of nitrogens with zero attached hydrogens (tertiary/aromatic N) is 3. The van der Waals surface area contributed by atoms with E-state index in [1.54, 1.807) is 36.8 Å². The van der Waals surface area contributed by atoms with Gasteiger partial charge in [0.25, 0.3) is 0 Å². The summed E-state index contributed by atoms with van der Waals surface area (Å²) >= 11 is 1.25. The van der Waals surface area contributed by atoms with Gasteiger partial charge >= 0.3 is 12.1 Å². The van der Waals surface area contributed by atoms with Gasteiger partial charge in [0.2, 0.25) is 17.7 Å². The molecule has 5 atom stereocenters. The monoisotopic (exact) mass is 760 g/mol. The van der Waals surface area contributed by atoms with Gasteiger partial charge in [0, 0.05) is 42.2 Å². The van der Waals surface area contributed by atoms with E-state index >= 15 is 0 Å². The maximum absolute atomic E-state index is 14.4. The Hall–Kier alpha value is -5.25. The molecule has 0 unspecified atom stereocenters. The summed E-state index contributed by atoms with van der Waals surface area (Å²) < 4.78 is 17.6. The second kappa shape index (κ2) is 15.6. The van der Waals surface area contributed by atoms with E-state index in [1.165, 1.54) is 23.2 Å². The van der Waals surface area contributed by atoms with Crippen LogP contribution in [-0.4, -0.2) is 93.2 Å². The van der Waals surface area contributed by atoms with E-state index in [2.05, 4.69) is 20.9 Å². The largest absolute Gasteiger partial charge is 0.497 e. The molecule has 0 bridgehead atoms. The molecule has 4 N–H and O–H groups in total. The molecule has 1 aromatic carbocycles.